The van der Waals surface area contributed by atoms with Crippen LogP contribution >= 0.6 is 0 Å². The fraction of sp³-hybridized carbons (Fsp3) is 0.500. The molecule has 1 unspecified atom stereocenters. The van der Waals surface area contributed by atoms with E-state index >= 15 is 0 Å². The number of hydrogen-bond acceptors (Lipinski definition) is 6. The molecule has 124 valence electrons. The van der Waals surface area contributed by atoms with E-state index in [0.29, 0.717) is 19.6 Å². The summed E-state index contributed by atoms with van der Waals surface area (Å²) >= 11 is 0. The zero-order valence-corrected chi connectivity index (χ0v) is 13.3. The summed E-state index contributed by atoms with van der Waals surface area (Å²) in [5, 5.41) is 22.1. The molecule has 0 aromatic heterocycles. The second kappa shape index (κ2) is 7.50. The largest absolute Gasteiger partial charge is 0.304 e. The highest BCUT2D eigenvalue weighted by Crippen LogP contribution is 2.24. The van der Waals surface area contributed by atoms with E-state index in [1.807, 2.05) is 6.07 Å². The molecule has 0 bridgehead atoms. The van der Waals surface area contributed by atoms with E-state index in [2.05, 4.69) is 5.32 Å². The van der Waals surface area contributed by atoms with Gasteiger partial charge in [-0.2, -0.15) is 9.57 Å². The van der Waals surface area contributed by atoms with Crippen LogP contribution in [0, 0.1) is 27.4 Å². The number of hydrogen-bond donors (Lipinski definition) is 1. The normalized spacial score (nSPS) is 19.2. The SMILES string of the molecule is N#CCNCC1CCCN(S(=O)(=O)c2ccc([N+](=O)[O-])cc2)C1. The number of non-ortho nitro benzene ring substituents is 1. The molecule has 1 aliphatic heterocycles. The monoisotopic (exact) mass is 338 g/mol. The molecule has 2 rings (SSSR count). The molecule has 1 fully saturated rings. The van der Waals surface area contributed by atoms with Crippen molar-refractivity contribution < 1.29 is 13.3 Å². The van der Waals surface area contributed by atoms with Gasteiger partial charge in [-0.05, 0) is 30.9 Å². The Bertz CT molecular complexity index is 696. The summed E-state index contributed by atoms with van der Waals surface area (Å²) in [6.07, 6.45) is 1.66. The Morgan fingerprint density at radius 1 is 1.39 bits per heavy atom. The van der Waals surface area contributed by atoms with Gasteiger partial charge < -0.3 is 5.32 Å². The number of rotatable bonds is 6. The minimum absolute atomic E-state index is 0.0636. The van der Waals surface area contributed by atoms with Gasteiger partial charge in [0.05, 0.1) is 22.4 Å². The van der Waals surface area contributed by atoms with Crippen LogP contribution in [0.1, 0.15) is 12.8 Å². The van der Waals surface area contributed by atoms with Crippen molar-refractivity contribution in [3.8, 4) is 6.07 Å². The van der Waals surface area contributed by atoms with Gasteiger partial charge in [-0.25, -0.2) is 8.42 Å². The standard InChI is InChI=1S/C14H18N4O4S/c15-7-8-16-10-12-2-1-9-17(11-12)23(21,22)14-5-3-13(4-6-14)18(19)20/h3-6,12,16H,1-2,8-11H2. The van der Waals surface area contributed by atoms with E-state index in [1.54, 1.807) is 0 Å². The fourth-order valence-corrected chi connectivity index (χ4v) is 4.19. The van der Waals surface area contributed by atoms with Crippen LogP contribution in [0.5, 0.6) is 0 Å². The average molecular weight is 338 g/mol. The van der Waals surface area contributed by atoms with Gasteiger partial charge in [-0.15, -0.1) is 0 Å². The quantitative estimate of drug-likeness (QED) is 0.359. The van der Waals surface area contributed by atoms with E-state index in [4.69, 9.17) is 5.26 Å². The molecule has 0 amide bonds. The van der Waals surface area contributed by atoms with Crippen LogP contribution in [-0.2, 0) is 10.0 Å². The van der Waals surface area contributed by atoms with Gasteiger partial charge in [0.15, 0.2) is 0 Å². The maximum Gasteiger partial charge on any atom is 0.269 e. The minimum Gasteiger partial charge on any atom is -0.304 e. The summed E-state index contributed by atoms with van der Waals surface area (Å²) in [7, 11) is -3.65. The fourth-order valence-electron chi connectivity index (χ4n) is 2.63. The lowest BCUT2D eigenvalue weighted by Crippen LogP contribution is -2.42. The van der Waals surface area contributed by atoms with Crippen LogP contribution in [0.4, 0.5) is 5.69 Å². The first-order chi connectivity index (χ1) is 10.9. The number of benzene rings is 1. The molecule has 0 spiro atoms. The van der Waals surface area contributed by atoms with Crippen molar-refractivity contribution >= 4 is 15.7 Å². The van der Waals surface area contributed by atoms with Crippen molar-refractivity contribution in [3.63, 3.8) is 0 Å². The van der Waals surface area contributed by atoms with Crippen molar-refractivity contribution in [3.05, 3.63) is 34.4 Å². The van der Waals surface area contributed by atoms with Crippen LogP contribution < -0.4 is 5.32 Å². The third-order valence-corrected chi connectivity index (χ3v) is 5.68. The molecule has 23 heavy (non-hydrogen) atoms. The minimum atomic E-state index is -3.65. The molecule has 1 aromatic carbocycles. The van der Waals surface area contributed by atoms with Crippen LogP contribution in [-0.4, -0.2) is 43.8 Å². The molecule has 1 N–H and O–H groups in total. The lowest BCUT2D eigenvalue weighted by Gasteiger charge is -2.31. The molecule has 8 nitrogen and oxygen atoms in total. The van der Waals surface area contributed by atoms with Gasteiger partial charge in [0.1, 0.15) is 0 Å². The maximum absolute atomic E-state index is 12.6. The molecular weight excluding hydrogens is 320 g/mol. The molecule has 9 heteroatoms. The maximum atomic E-state index is 12.6. The summed E-state index contributed by atoms with van der Waals surface area (Å²) in [5.74, 6) is 0.157. The van der Waals surface area contributed by atoms with Gasteiger partial charge in [-0.3, -0.25) is 10.1 Å². The van der Waals surface area contributed by atoms with Gasteiger partial charge in [0, 0.05) is 31.8 Å². The Labute approximate surface area is 134 Å². The highest BCUT2D eigenvalue weighted by atomic mass is 32.2. The second-order valence-electron chi connectivity index (χ2n) is 5.41. The third-order valence-electron chi connectivity index (χ3n) is 3.80. The summed E-state index contributed by atoms with van der Waals surface area (Å²) in [5.41, 5.74) is -0.138. The van der Waals surface area contributed by atoms with Crippen LogP contribution in [0.15, 0.2) is 29.2 Å². The number of piperidine rings is 1. The van der Waals surface area contributed by atoms with Gasteiger partial charge in [0.2, 0.25) is 10.0 Å². The first-order valence-electron chi connectivity index (χ1n) is 7.27. The predicted molar refractivity (Wildman–Crippen MR) is 83.1 cm³/mol. The van der Waals surface area contributed by atoms with Gasteiger partial charge in [0.25, 0.3) is 5.69 Å². The van der Waals surface area contributed by atoms with Gasteiger partial charge in [-0.1, -0.05) is 0 Å². The van der Waals surface area contributed by atoms with E-state index in [0.717, 1.165) is 12.8 Å². The molecule has 0 radical (unpaired) electrons. The lowest BCUT2D eigenvalue weighted by atomic mass is 10.00. The first kappa shape index (κ1) is 17.3. The highest BCUT2D eigenvalue weighted by molar-refractivity contribution is 7.89. The Morgan fingerprint density at radius 2 is 2.09 bits per heavy atom. The molecule has 1 aliphatic rings. The van der Waals surface area contributed by atoms with Crippen LogP contribution in [0.2, 0.25) is 0 Å². The zero-order chi connectivity index (χ0) is 16.9. The Morgan fingerprint density at radius 3 is 2.70 bits per heavy atom. The molecule has 1 atom stereocenters. The molecule has 0 aliphatic carbocycles. The molecule has 1 saturated heterocycles. The lowest BCUT2D eigenvalue weighted by molar-refractivity contribution is -0.384. The molecule has 1 heterocycles. The van der Waals surface area contributed by atoms with Crippen molar-refractivity contribution in [2.24, 2.45) is 5.92 Å². The molecule has 0 saturated carbocycles. The number of nitriles is 1. The van der Waals surface area contributed by atoms with E-state index in [-0.39, 0.29) is 23.0 Å². The van der Waals surface area contributed by atoms with E-state index in [9.17, 15) is 18.5 Å². The zero-order valence-electron chi connectivity index (χ0n) is 12.5. The number of nitro benzene ring substituents is 1. The van der Waals surface area contributed by atoms with Crippen molar-refractivity contribution in [2.75, 3.05) is 26.2 Å². The smallest absolute Gasteiger partial charge is 0.269 e. The topological polar surface area (TPSA) is 116 Å². The Kier molecular flexibility index (Phi) is 5.65. The third kappa shape index (κ3) is 4.25. The number of nitrogens with zero attached hydrogens (tertiary/aromatic N) is 3. The summed E-state index contributed by atoms with van der Waals surface area (Å²) in [6, 6.07) is 6.92. The molecule has 1 aromatic rings. The van der Waals surface area contributed by atoms with Crippen LogP contribution in [0.3, 0.4) is 0 Å². The average Bonchev–Trinajstić information content (AvgIpc) is 2.55. The van der Waals surface area contributed by atoms with Gasteiger partial charge >= 0.3 is 0 Å². The first-order valence-corrected chi connectivity index (χ1v) is 8.71. The highest BCUT2D eigenvalue weighted by Gasteiger charge is 2.30. The summed E-state index contributed by atoms with van der Waals surface area (Å²) < 4.78 is 26.7. The van der Waals surface area contributed by atoms with Crippen molar-refractivity contribution in [1.29, 1.82) is 5.26 Å². The summed E-state index contributed by atoms with van der Waals surface area (Å²) in [6.45, 7) is 1.66. The predicted octanol–water partition coefficient (Wildman–Crippen LogP) is 1.11. The number of nitrogens with one attached hydrogen (secondary N) is 1. The number of nitro groups is 1. The Hall–Kier alpha value is -2.02. The Balaban J connectivity index is 2.09. The molecular formula is C14H18N4O4S. The van der Waals surface area contributed by atoms with Crippen molar-refractivity contribution in [2.45, 2.75) is 17.7 Å². The van der Waals surface area contributed by atoms with E-state index in [1.165, 1.54) is 28.6 Å². The van der Waals surface area contributed by atoms with E-state index < -0.39 is 14.9 Å². The van der Waals surface area contributed by atoms with Crippen molar-refractivity contribution in [1.82, 2.24) is 9.62 Å². The van der Waals surface area contributed by atoms with Crippen LogP contribution in [0.25, 0.3) is 0 Å². The number of sulfonamides is 1. The summed E-state index contributed by atoms with van der Waals surface area (Å²) in [4.78, 5) is 10.1. The second-order valence-corrected chi connectivity index (χ2v) is 7.35.